The largest absolute Gasteiger partial charge is 0.386 e. The lowest BCUT2D eigenvalue weighted by atomic mass is 9.90. The van der Waals surface area contributed by atoms with Crippen LogP contribution in [0.4, 0.5) is 5.69 Å². The molecule has 0 saturated carbocycles. The number of carbonyl (C=O) groups is 1. The number of aliphatic imine (C=N–C) groups is 1. The molecule has 1 aromatic carbocycles. The van der Waals surface area contributed by atoms with Crippen LogP contribution in [0.2, 0.25) is 4.34 Å². The van der Waals surface area contributed by atoms with E-state index >= 15 is 0 Å². The lowest BCUT2D eigenvalue weighted by Gasteiger charge is -2.26. The molecule has 8 heteroatoms. The van der Waals surface area contributed by atoms with E-state index in [-0.39, 0.29) is 18.4 Å². The fourth-order valence-electron chi connectivity index (χ4n) is 3.02. The third-order valence-corrected chi connectivity index (χ3v) is 5.64. The van der Waals surface area contributed by atoms with Crippen molar-refractivity contribution in [2.24, 2.45) is 4.99 Å². The van der Waals surface area contributed by atoms with Crippen molar-refractivity contribution in [2.45, 2.75) is 25.4 Å². The quantitative estimate of drug-likeness (QED) is 0.438. The minimum Gasteiger partial charge on any atom is -0.386 e. The maximum atomic E-state index is 12.0. The van der Waals surface area contributed by atoms with E-state index in [9.17, 15) is 9.90 Å². The summed E-state index contributed by atoms with van der Waals surface area (Å²) in [7, 11) is 0. The molecular weight excluding hydrogens is 384 g/mol. The highest BCUT2D eigenvalue weighted by atomic mass is 35.5. The number of halogens is 1. The topological polar surface area (TPSA) is 85.8 Å². The van der Waals surface area contributed by atoms with E-state index in [0.717, 1.165) is 16.1 Å². The van der Waals surface area contributed by atoms with E-state index in [4.69, 9.17) is 11.6 Å². The SMILES string of the molecule is CCNC(=NCC(O)c1ccc(Cl)s1)NCC1CC(=O)Nc2ccccc21. The summed E-state index contributed by atoms with van der Waals surface area (Å²) < 4.78 is 0.646. The summed E-state index contributed by atoms with van der Waals surface area (Å²) in [6.07, 6.45) is -0.265. The van der Waals surface area contributed by atoms with Crippen molar-refractivity contribution in [1.29, 1.82) is 0 Å². The summed E-state index contributed by atoms with van der Waals surface area (Å²) in [4.78, 5) is 17.2. The van der Waals surface area contributed by atoms with Crippen LogP contribution < -0.4 is 16.0 Å². The number of aliphatic hydroxyl groups excluding tert-OH is 1. The number of hydrogen-bond donors (Lipinski definition) is 4. The van der Waals surface area contributed by atoms with E-state index in [2.05, 4.69) is 20.9 Å². The Morgan fingerprint density at radius 3 is 2.93 bits per heavy atom. The Labute approximate surface area is 167 Å². The number of amides is 1. The maximum absolute atomic E-state index is 12.0. The van der Waals surface area contributed by atoms with Gasteiger partial charge in [0.1, 0.15) is 6.10 Å². The fourth-order valence-corrected chi connectivity index (χ4v) is 4.06. The lowest BCUT2D eigenvalue weighted by molar-refractivity contribution is -0.116. The molecule has 0 radical (unpaired) electrons. The van der Waals surface area contributed by atoms with Crippen molar-refractivity contribution < 1.29 is 9.90 Å². The van der Waals surface area contributed by atoms with Gasteiger partial charge in [0.15, 0.2) is 5.96 Å². The summed E-state index contributed by atoms with van der Waals surface area (Å²) in [6, 6.07) is 11.4. The molecule has 2 unspecified atom stereocenters. The van der Waals surface area contributed by atoms with Crippen molar-refractivity contribution in [3.8, 4) is 0 Å². The predicted octanol–water partition coefficient (Wildman–Crippen LogP) is 3.12. The van der Waals surface area contributed by atoms with Crippen LogP contribution in [0.3, 0.4) is 0 Å². The van der Waals surface area contributed by atoms with Gasteiger partial charge in [-0.15, -0.1) is 11.3 Å². The van der Waals surface area contributed by atoms with Crippen LogP contribution in [0.25, 0.3) is 0 Å². The van der Waals surface area contributed by atoms with Gasteiger partial charge >= 0.3 is 0 Å². The van der Waals surface area contributed by atoms with Crippen LogP contribution in [0.5, 0.6) is 0 Å². The van der Waals surface area contributed by atoms with Crippen LogP contribution in [-0.2, 0) is 4.79 Å². The van der Waals surface area contributed by atoms with Gasteiger partial charge in [-0.05, 0) is 30.7 Å². The first kappa shape index (κ1) is 19.7. The summed E-state index contributed by atoms with van der Waals surface area (Å²) >= 11 is 7.27. The number of benzene rings is 1. The highest BCUT2D eigenvalue weighted by molar-refractivity contribution is 7.16. The van der Waals surface area contributed by atoms with Crippen LogP contribution in [0.15, 0.2) is 41.4 Å². The molecule has 1 aromatic heterocycles. The highest BCUT2D eigenvalue weighted by Gasteiger charge is 2.24. The molecule has 144 valence electrons. The minimum absolute atomic E-state index is 0.0208. The summed E-state index contributed by atoms with van der Waals surface area (Å²) in [5.74, 6) is 0.704. The zero-order chi connectivity index (χ0) is 19.2. The van der Waals surface area contributed by atoms with E-state index in [1.54, 1.807) is 6.07 Å². The zero-order valence-electron chi connectivity index (χ0n) is 15.0. The molecule has 0 saturated heterocycles. The fraction of sp³-hybridized carbons (Fsp3) is 0.368. The van der Waals surface area contributed by atoms with Crippen LogP contribution in [0.1, 0.15) is 35.8 Å². The molecule has 1 aliphatic heterocycles. The van der Waals surface area contributed by atoms with Gasteiger partial charge in [0.05, 0.1) is 10.9 Å². The van der Waals surface area contributed by atoms with Gasteiger partial charge in [-0.1, -0.05) is 29.8 Å². The van der Waals surface area contributed by atoms with E-state index < -0.39 is 6.10 Å². The summed E-state index contributed by atoms with van der Waals surface area (Å²) in [5, 5.41) is 19.6. The molecular formula is C19H23ClN4O2S. The van der Waals surface area contributed by atoms with E-state index in [1.165, 1.54) is 11.3 Å². The number of nitrogens with one attached hydrogen (secondary N) is 3. The summed E-state index contributed by atoms with van der Waals surface area (Å²) in [5.41, 5.74) is 1.99. The lowest BCUT2D eigenvalue weighted by Crippen LogP contribution is -2.41. The Kier molecular flexibility index (Phi) is 6.71. The van der Waals surface area contributed by atoms with Gasteiger partial charge in [0.25, 0.3) is 0 Å². The maximum Gasteiger partial charge on any atom is 0.225 e. The van der Waals surface area contributed by atoms with Crippen molar-refractivity contribution >= 4 is 40.5 Å². The Morgan fingerprint density at radius 2 is 2.19 bits per heavy atom. The van der Waals surface area contributed by atoms with Gasteiger partial charge in [0, 0.05) is 36.0 Å². The number of hydrogen-bond acceptors (Lipinski definition) is 4. The number of aliphatic hydroxyl groups is 1. The van der Waals surface area contributed by atoms with Gasteiger partial charge < -0.3 is 21.1 Å². The molecule has 2 atom stereocenters. The number of para-hydroxylation sites is 1. The van der Waals surface area contributed by atoms with Crippen molar-refractivity contribution in [3.05, 3.63) is 51.2 Å². The smallest absolute Gasteiger partial charge is 0.225 e. The van der Waals surface area contributed by atoms with E-state index in [1.807, 2.05) is 37.3 Å². The molecule has 1 aliphatic rings. The van der Waals surface area contributed by atoms with Crippen LogP contribution >= 0.6 is 22.9 Å². The van der Waals surface area contributed by atoms with Crippen molar-refractivity contribution in [1.82, 2.24) is 10.6 Å². The minimum atomic E-state index is -0.695. The monoisotopic (exact) mass is 406 g/mol. The van der Waals surface area contributed by atoms with Crippen molar-refractivity contribution in [2.75, 3.05) is 25.0 Å². The molecule has 0 spiro atoms. The number of thiophene rings is 1. The Balaban J connectivity index is 1.63. The molecule has 2 heterocycles. The number of anilines is 1. The molecule has 2 aromatic rings. The molecule has 1 amide bonds. The van der Waals surface area contributed by atoms with Gasteiger partial charge in [0.2, 0.25) is 5.91 Å². The van der Waals surface area contributed by atoms with Gasteiger partial charge in [-0.3, -0.25) is 9.79 Å². The zero-order valence-corrected chi connectivity index (χ0v) is 16.6. The molecule has 0 fully saturated rings. The number of rotatable bonds is 6. The first-order valence-electron chi connectivity index (χ1n) is 8.91. The Hall–Kier alpha value is -2.09. The van der Waals surface area contributed by atoms with Crippen LogP contribution in [0, 0.1) is 0 Å². The number of guanidine groups is 1. The second-order valence-corrected chi connectivity index (χ2v) is 8.04. The highest BCUT2D eigenvalue weighted by Crippen LogP contribution is 2.31. The Morgan fingerprint density at radius 1 is 1.37 bits per heavy atom. The summed E-state index contributed by atoms with van der Waals surface area (Å²) in [6.45, 7) is 3.50. The second-order valence-electron chi connectivity index (χ2n) is 6.29. The Bertz CT molecular complexity index is 824. The van der Waals surface area contributed by atoms with E-state index in [0.29, 0.717) is 29.8 Å². The molecule has 4 N–H and O–H groups in total. The third-order valence-electron chi connectivity index (χ3n) is 4.31. The second kappa shape index (κ2) is 9.21. The average molecular weight is 407 g/mol. The number of nitrogens with zero attached hydrogens (tertiary/aromatic N) is 1. The van der Waals surface area contributed by atoms with Crippen molar-refractivity contribution in [3.63, 3.8) is 0 Å². The van der Waals surface area contributed by atoms with Crippen LogP contribution in [-0.4, -0.2) is 36.6 Å². The first-order valence-corrected chi connectivity index (χ1v) is 10.1. The normalized spacial score (nSPS) is 17.8. The predicted molar refractivity (Wildman–Crippen MR) is 111 cm³/mol. The van der Waals surface area contributed by atoms with Gasteiger partial charge in [-0.2, -0.15) is 0 Å². The van der Waals surface area contributed by atoms with Gasteiger partial charge in [-0.25, -0.2) is 0 Å². The molecule has 6 nitrogen and oxygen atoms in total. The first-order chi connectivity index (χ1) is 13.1. The molecule has 3 rings (SSSR count). The molecule has 0 bridgehead atoms. The third kappa shape index (κ3) is 5.22. The number of fused-ring (bicyclic) bond motifs is 1. The average Bonchev–Trinajstić information content (AvgIpc) is 3.10. The molecule has 27 heavy (non-hydrogen) atoms. The number of carbonyl (C=O) groups excluding carboxylic acids is 1. The molecule has 0 aliphatic carbocycles. The standard InChI is InChI=1S/C19H23ClN4O2S/c1-2-21-19(23-11-15(25)16-7-8-17(20)27-16)22-10-12-9-18(26)24-14-6-4-3-5-13(12)14/h3-8,12,15,25H,2,9-11H2,1H3,(H,24,26)(H2,21,22,23).